The molecular formula is C11H9NO4. The first-order chi connectivity index (χ1) is 7.63. The molecule has 0 aliphatic carbocycles. The lowest BCUT2D eigenvalue weighted by molar-refractivity contribution is -0.139. The van der Waals surface area contributed by atoms with Gasteiger partial charge in [0.05, 0.1) is 12.7 Å². The van der Waals surface area contributed by atoms with Crippen LogP contribution in [-0.4, -0.2) is 29.1 Å². The number of esters is 1. The maximum atomic E-state index is 10.7. The number of carbonyl (C=O) groups excluding carboxylic acids is 1. The van der Waals surface area contributed by atoms with Crippen LogP contribution in [0.3, 0.4) is 0 Å². The van der Waals surface area contributed by atoms with Crippen molar-refractivity contribution in [3.05, 3.63) is 29.6 Å². The van der Waals surface area contributed by atoms with Crippen molar-refractivity contribution >= 4 is 11.9 Å². The average molecular weight is 219 g/mol. The van der Waals surface area contributed by atoms with Gasteiger partial charge in [-0.25, -0.2) is 4.79 Å². The summed E-state index contributed by atoms with van der Waals surface area (Å²) in [6.07, 6.45) is 2.62. The quantitative estimate of drug-likeness (QED) is 0.585. The lowest BCUT2D eigenvalue weighted by Gasteiger charge is -1.93. The van der Waals surface area contributed by atoms with Gasteiger partial charge in [-0.1, -0.05) is 11.8 Å². The van der Waals surface area contributed by atoms with Gasteiger partial charge in [-0.2, -0.15) is 0 Å². The van der Waals surface area contributed by atoms with Crippen LogP contribution in [0.5, 0.6) is 0 Å². The van der Waals surface area contributed by atoms with Crippen molar-refractivity contribution in [1.82, 2.24) is 4.98 Å². The molecule has 0 aliphatic rings. The zero-order valence-electron chi connectivity index (χ0n) is 8.56. The molecular weight excluding hydrogens is 210 g/mol. The van der Waals surface area contributed by atoms with Gasteiger partial charge in [-0.3, -0.25) is 9.78 Å². The fourth-order valence-corrected chi connectivity index (χ4v) is 0.916. The number of rotatable bonds is 2. The van der Waals surface area contributed by atoms with E-state index in [-0.39, 0.29) is 12.0 Å². The molecule has 0 saturated carbocycles. The highest BCUT2D eigenvalue weighted by molar-refractivity contribution is 5.87. The number of ether oxygens (including phenoxy) is 1. The van der Waals surface area contributed by atoms with Crippen LogP contribution in [0.1, 0.15) is 22.3 Å². The molecule has 0 amide bonds. The second kappa shape index (κ2) is 5.51. The zero-order chi connectivity index (χ0) is 12.0. The predicted octanol–water partition coefficient (Wildman–Crippen LogP) is 0.694. The van der Waals surface area contributed by atoms with Crippen LogP contribution in [-0.2, 0) is 9.53 Å². The Kier molecular flexibility index (Phi) is 4.04. The summed E-state index contributed by atoms with van der Waals surface area (Å²) in [6, 6.07) is 1.39. The van der Waals surface area contributed by atoms with Gasteiger partial charge in [0.15, 0.2) is 0 Å². The van der Waals surface area contributed by atoms with E-state index in [1.165, 1.54) is 25.6 Å². The Bertz CT molecular complexity index is 470. The molecule has 0 atom stereocenters. The Morgan fingerprint density at radius 2 is 2.25 bits per heavy atom. The molecule has 0 unspecified atom stereocenters. The molecule has 1 aromatic rings. The molecule has 0 bridgehead atoms. The zero-order valence-corrected chi connectivity index (χ0v) is 8.56. The lowest BCUT2D eigenvalue weighted by atomic mass is 10.2. The van der Waals surface area contributed by atoms with Crippen molar-refractivity contribution in [3.63, 3.8) is 0 Å². The molecule has 0 radical (unpaired) electrons. The molecule has 0 spiro atoms. The summed E-state index contributed by atoms with van der Waals surface area (Å²) < 4.78 is 4.40. The van der Waals surface area contributed by atoms with E-state index in [2.05, 4.69) is 21.6 Å². The number of aromatic nitrogens is 1. The highest BCUT2D eigenvalue weighted by atomic mass is 16.5. The second-order valence-electron chi connectivity index (χ2n) is 2.82. The molecule has 1 N–H and O–H groups in total. The summed E-state index contributed by atoms with van der Waals surface area (Å²) >= 11 is 0. The van der Waals surface area contributed by atoms with Gasteiger partial charge in [-0.15, -0.1) is 0 Å². The van der Waals surface area contributed by atoms with Crippen molar-refractivity contribution in [2.24, 2.45) is 0 Å². The van der Waals surface area contributed by atoms with Gasteiger partial charge in [0.2, 0.25) is 0 Å². The third-order valence-corrected chi connectivity index (χ3v) is 1.68. The Hall–Kier alpha value is -2.35. The van der Waals surface area contributed by atoms with Gasteiger partial charge in [0, 0.05) is 18.0 Å². The molecule has 0 fully saturated rings. The number of hydrogen-bond acceptors (Lipinski definition) is 4. The van der Waals surface area contributed by atoms with E-state index in [9.17, 15) is 9.59 Å². The maximum Gasteiger partial charge on any atom is 0.337 e. The molecule has 0 aliphatic heterocycles. The van der Waals surface area contributed by atoms with Crippen molar-refractivity contribution in [2.75, 3.05) is 7.11 Å². The number of aromatic carboxylic acids is 1. The van der Waals surface area contributed by atoms with Gasteiger partial charge in [0.25, 0.3) is 0 Å². The molecule has 0 aromatic carbocycles. The van der Waals surface area contributed by atoms with Crippen LogP contribution < -0.4 is 0 Å². The van der Waals surface area contributed by atoms with E-state index in [4.69, 9.17) is 5.11 Å². The van der Waals surface area contributed by atoms with Crippen LogP contribution in [0.15, 0.2) is 18.5 Å². The van der Waals surface area contributed by atoms with E-state index < -0.39 is 11.9 Å². The first-order valence-corrected chi connectivity index (χ1v) is 4.37. The third kappa shape index (κ3) is 3.42. The van der Waals surface area contributed by atoms with Gasteiger partial charge in [0.1, 0.15) is 6.42 Å². The number of hydrogen-bond donors (Lipinski definition) is 1. The smallest absolute Gasteiger partial charge is 0.337 e. The van der Waals surface area contributed by atoms with Crippen molar-refractivity contribution in [3.8, 4) is 11.8 Å². The van der Waals surface area contributed by atoms with Gasteiger partial charge < -0.3 is 9.84 Å². The fourth-order valence-electron chi connectivity index (χ4n) is 0.916. The summed E-state index contributed by atoms with van der Waals surface area (Å²) in [5.41, 5.74) is 0.508. The van der Waals surface area contributed by atoms with E-state index in [0.29, 0.717) is 5.56 Å². The molecule has 0 saturated heterocycles. The number of nitrogens with zero attached hydrogens (tertiary/aromatic N) is 1. The van der Waals surface area contributed by atoms with E-state index in [1.807, 2.05) is 0 Å². The fraction of sp³-hybridized carbons (Fsp3) is 0.182. The molecule has 82 valence electrons. The Morgan fingerprint density at radius 3 is 2.88 bits per heavy atom. The van der Waals surface area contributed by atoms with Crippen LogP contribution in [0, 0.1) is 11.8 Å². The third-order valence-electron chi connectivity index (χ3n) is 1.68. The van der Waals surface area contributed by atoms with E-state index in [0.717, 1.165) is 0 Å². The summed E-state index contributed by atoms with van der Waals surface area (Å²) in [5.74, 6) is 3.69. The minimum absolute atomic E-state index is 0.0339. The van der Waals surface area contributed by atoms with Crippen LogP contribution in [0.2, 0.25) is 0 Å². The molecule has 1 heterocycles. The number of methoxy groups -OCH3 is 1. The predicted molar refractivity (Wildman–Crippen MR) is 54.7 cm³/mol. The van der Waals surface area contributed by atoms with Crippen molar-refractivity contribution in [2.45, 2.75) is 6.42 Å². The van der Waals surface area contributed by atoms with Gasteiger partial charge >= 0.3 is 11.9 Å². The largest absolute Gasteiger partial charge is 0.478 e. The molecule has 5 heteroatoms. The van der Waals surface area contributed by atoms with Crippen LogP contribution in [0.25, 0.3) is 0 Å². The van der Waals surface area contributed by atoms with E-state index >= 15 is 0 Å². The average Bonchev–Trinajstić information content (AvgIpc) is 2.29. The molecule has 16 heavy (non-hydrogen) atoms. The monoisotopic (exact) mass is 219 g/mol. The summed E-state index contributed by atoms with van der Waals surface area (Å²) in [4.78, 5) is 25.1. The van der Waals surface area contributed by atoms with Crippen molar-refractivity contribution in [1.29, 1.82) is 0 Å². The normalized spacial score (nSPS) is 8.81. The first kappa shape index (κ1) is 11.7. The lowest BCUT2D eigenvalue weighted by Crippen LogP contribution is -1.98. The van der Waals surface area contributed by atoms with Crippen molar-refractivity contribution < 1.29 is 19.4 Å². The highest BCUT2D eigenvalue weighted by Crippen LogP contribution is 2.01. The highest BCUT2D eigenvalue weighted by Gasteiger charge is 2.02. The summed E-state index contributed by atoms with van der Waals surface area (Å²) in [6.45, 7) is 0. The maximum absolute atomic E-state index is 10.7. The SMILES string of the molecule is COC(=O)CC#Cc1cncc(C(=O)O)c1. The Balaban J connectivity index is 2.77. The number of carbonyl (C=O) groups is 2. The summed E-state index contributed by atoms with van der Waals surface area (Å²) in [5, 5.41) is 8.70. The van der Waals surface area contributed by atoms with Crippen LogP contribution >= 0.6 is 0 Å². The van der Waals surface area contributed by atoms with Crippen LogP contribution in [0.4, 0.5) is 0 Å². The molecule has 1 aromatic heterocycles. The molecule has 1 rings (SSSR count). The minimum atomic E-state index is -1.07. The Labute approximate surface area is 92.1 Å². The number of carboxylic acids is 1. The summed E-state index contributed by atoms with van der Waals surface area (Å²) in [7, 11) is 1.27. The van der Waals surface area contributed by atoms with Gasteiger partial charge in [-0.05, 0) is 6.07 Å². The second-order valence-corrected chi connectivity index (χ2v) is 2.82. The number of pyridine rings is 1. The topological polar surface area (TPSA) is 76.5 Å². The Morgan fingerprint density at radius 1 is 1.50 bits per heavy atom. The minimum Gasteiger partial charge on any atom is -0.478 e. The number of carboxylic acid groups (broad SMARTS) is 1. The molecule has 5 nitrogen and oxygen atoms in total. The first-order valence-electron chi connectivity index (χ1n) is 4.37. The van der Waals surface area contributed by atoms with E-state index in [1.54, 1.807) is 0 Å². The standard InChI is InChI=1S/C11H9NO4/c1-16-10(13)4-2-3-8-5-9(11(14)15)7-12-6-8/h5-7H,4H2,1H3,(H,14,15).